The second-order valence-electron chi connectivity index (χ2n) is 7.57. The van der Waals surface area contributed by atoms with Gasteiger partial charge < -0.3 is 14.6 Å². The number of hydrogen-bond acceptors (Lipinski definition) is 7. The standard InChI is InChI=1S/C26H24N4O4S/c1-4-34-20-15-13-19(14-16-20)29-24(31)23(28-27-18-11-9-17(2)10-12-18)25(32)30(26(29)35)21-7-5-6-8-22(21)33-3/h5-16,32H,4H2,1-3H3. The van der Waals surface area contributed by atoms with E-state index in [9.17, 15) is 9.90 Å². The van der Waals surface area contributed by atoms with E-state index in [1.54, 1.807) is 60.7 Å². The Hall–Kier alpha value is -4.24. The highest BCUT2D eigenvalue weighted by Gasteiger charge is 2.21. The van der Waals surface area contributed by atoms with Crippen LogP contribution in [0, 0.1) is 11.7 Å². The minimum absolute atomic E-state index is 0.0374. The maximum Gasteiger partial charge on any atom is 0.290 e. The molecule has 0 aliphatic rings. The van der Waals surface area contributed by atoms with Gasteiger partial charge in [-0.2, -0.15) is 5.11 Å². The van der Waals surface area contributed by atoms with Gasteiger partial charge in [0, 0.05) is 0 Å². The van der Waals surface area contributed by atoms with Gasteiger partial charge in [0.15, 0.2) is 4.77 Å². The summed E-state index contributed by atoms with van der Waals surface area (Å²) in [6, 6.07) is 21.3. The van der Waals surface area contributed by atoms with Gasteiger partial charge in [0.1, 0.15) is 11.5 Å². The highest BCUT2D eigenvalue weighted by molar-refractivity contribution is 7.71. The molecule has 178 valence electrons. The van der Waals surface area contributed by atoms with E-state index < -0.39 is 11.4 Å². The number of rotatable bonds is 7. The van der Waals surface area contributed by atoms with Crippen molar-refractivity contribution in [2.24, 2.45) is 10.2 Å². The predicted octanol–water partition coefficient (Wildman–Crippen LogP) is 6.19. The fraction of sp³-hybridized carbons (Fsp3) is 0.154. The van der Waals surface area contributed by atoms with Gasteiger partial charge in [0.2, 0.25) is 11.6 Å². The van der Waals surface area contributed by atoms with Crippen molar-refractivity contribution in [2.75, 3.05) is 13.7 Å². The fourth-order valence-corrected chi connectivity index (χ4v) is 3.88. The molecule has 0 spiro atoms. The third-order valence-corrected chi connectivity index (χ3v) is 5.61. The number of aromatic nitrogens is 2. The summed E-state index contributed by atoms with van der Waals surface area (Å²) in [5.41, 5.74) is 1.66. The Bertz CT molecular complexity index is 1490. The summed E-state index contributed by atoms with van der Waals surface area (Å²) in [6.07, 6.45) is 0. The zero-order chi connectivity index (χ0) is 24.9. The lowest BCUT2D eigenvalue weighted by Gasteiger charge is -2.17. The third-order valence-electron chi connectivity index (χ3n) is 5.24. The Morgan fingerprint density at radius 3 is 2.29 bits per heavy atom. The first-order valence-corrected chi connectivity index (χ1v) is 11.3. The second-order valence-corrected chi connectivity index (χ2v) is 7.93. The Morgan fingerprint density at radius 2 is 1.63 bits per heavy atom. The number of ether oxygens (including phenoxy) is 2. The van der Waals surface area contributed by atoms with Gasteiger partial charge in [-0.25, -0.2) is 0 Å². The van der Waals surface area contributed by atoms with Gasteiger partial charge in [-0.15, -0.1) is 5.11 Å². The van der Waals surface area contributed by atoms with E-state index in [-0.39, 0.29) is 10.5 Å². The van der Waals surface area contributed by atoms with Crippen molar-refractivity contribution in [1.29, 1.82) is 0 Å². The molecule has 0 unspecified atom stereocenters. The Morgan fingerprint density at radius 1 is 0.943 bits per heavy atom. The average Bonchev–Trinajstić information content (AvgIpc) is 2.86. The first kappa shape index (κ1) is 23.9. The van der Waals surface area contributed by atoms with Crippen LogP contribution in [0.3, 0.4) is 0 Å². The van der Waals surface area contributed by atoms with Crippen molar-refractivity contribution < 1.29 is 14.6 Å². The molecule has 0 aliphatic heterocycles. The lowest BCUT2D eigenvalue weighted by Crippen LogP contribution is -2.23. The van der Waals surface area contributed by atoms with Crippen molar-refractivity contribution in [2.45, 2.75) is 13.8 Å². The van der Waals surface area contributed by atoms with Crippen LogP contribution in [0.2, 0.25) is 0 Å². The molecule has 4 rings (SSSR count). The normalized spacial score (nSPS) is 11.1. The number of para-hydroxylation sites is 2. The summed E-state index contributed by atoms with van der Waals surface area (Å²) in [5.74, 6) is 0.672. The second kappa shape index (κ2) is 10.4. The lowest BCUT2D eigenvalue weighted by molar-refractivity contribution is 0.340. The number of benzene rings is 3. The Kier molecular flexibility index (Phi) is 7.07. The summed E-state index contributed by atoms with van der Waals surface area (Å²) >= 11 is 5.68. The van der Waals surface area contributed by atoms with Crippen molar-refractivity contribution >= 4 is 23.6 Å². The minimum atomic E-state index is -0.612. The van der Waals surface area contributed by atoms with E-state index in [1.165, 1.54) is 16.2 Å². The molecule has 1 aromatic heterocycles. The van der Waals surface area contributed by atoms with E-state index in [4.69, 9.17) is 21.7 Å². The maximum absolute atomic E-state index is 13.5. The molecule has 1 heterocycles. The van der Waals surface area contributed by atoms with E-state index in [2.05, 4.69) is 10.2 Å². The molecule has 35 heavy (non-hydrogen) atoms. The van der Waals surface area contributed by atoms with Crippen molar-refractivity contribution in [3.8, 4) is 28.8 Å². The molecule has 0 bridgehead atoms. The molecule has 0 fully saturated rings. The molecule has 4 aromatic rings. The van der Waals surface area contributed by atoms with Crippen LogP contribution in [-0.4, -0.2) is 28.0 Å². The van der Waals surface area contributed by atoms with E-state index in [0.717, 1.165) is 5.56 Å². The number of nitrogens with zero attached hydrogens (tertiary/aromatic N) is 4. The first-order chi connectivity index (χ1) is 16.9. The number of methoxy groups -OCH3 is 1. The molecule has 3 aromatic carbocycles. The summed E-state index contributed by atoms with van der Waals surface area (Å²) in [7, 11) is 1.51. The molecule has 0 saturated heterocycles. The Labute approximate surface area is 207 Å². The largest absolute Gasteiger partial charge is 0.495 e. The number of hydrogen-bond donors (Lipinski definition) is 1. The van der Waals surface area contributed by atoms with E-state index in [1.807, 2.05) is 26.0 Å². The van der Waals surface area contributed by atoms with Gasteiger partial charge >= 0.3 is 0 Å². The highest BCUT2D eigenvalue weighted by atomic mass is 32.1. The topological polar surface area (TPSA) is 90.3 Å². The molecular formula is C26H24N4O4S. The number of aryl methyl sites for hydroxylation is 1. The van der Waals surface area contributed by atoms with Gasteiger partial charge in [0.25, 0.3) is 5.56 Å². The van der Waals surface area contributed by atoms with E-state index in [0.29, 0.717) is 35.2 Å². The molecule has 0 atom stereocenters. The Balaban J connectivity index is 1.98. The van der Waals surface area contributed by atoms with Crippen molar-refractivity contribution in [3.63, 3.8) is 0 Å². The van der Waals surface area contributed by atoms with Crippen LogP contribution in [0.5, 0.6) is 17.4 Å². The summed E-state index contributed by atoms with van der Waals surface area (Å²) < 4.78 is 13.7. The first-order valence-electron chi connectivity index (χ1n) is 10.9. The smallest absolute Gasteiger partial charge is 0.290 e. The quantitative estimate of drug-likeness (QED) is 0.247. The zero-order valence-corrected chi connectivity index (χ0v) is 20.3. The lowest BCUT2D eigenvalue weighted by atomic mass is 10.2. The van der Waals surface area contributed by atoms with Crippen LogP contribution >= 0.6 is 12.2 Å². The van der Waals surface area contributed by atoms with Gasteiger partial charge in [-0.3, -0.25) is 13.9 Å². The number of aromatic hydroxyl groups is 1. The SMILES string of the molecule is CCOc1ccc(-n2c(=O)c(N=Nc3ccc(C)cc3)c(O)n(-c3ccccc3OC)c2=S)cc1. The van der Waals surface area contributed by atoms with Crippen LogP contribution < -0.4 is 15.0 Å². The maximum atomic E-state index is 13.5. The van der Waals surface area contributed by atoms with Crippen molar-refractivity contribution in [3.05, 3.63) is 93.5 Å². The summed E-state index contributed by atoms with van der Waals surface area (Å²) in [6.45, 7) is 4.37. The third kappa shape index (κ3) is 4.85. The molecule has 9 heteroatoms. The fourth-order valence-electron chi connectivity index (χ4n) is 3.51. The molecule has 0 aliphatic carbocycles. The average molecular weight is 489 g/mol. The molecular weight excluding hydrogens is 464 g/mol. The molecule has 0 radical (unpaired) electrons. The van der Waals surface area contributed by atoms with Crippen LogP contribution in [0.1, 0.15) is 12.5 Å². The molecule has 1 N–H and O–H groups in total. The van der Waals surface area contributed by atoms with Gasteiger partial charge in [-0.1, -0.05) is 29.8 Å². The molecule has 0 amide bonds. The van der Waals surface area contributed by atoms with Crippen LogP contribution in [0.4, 0.5) is 11.4 Å². The van der Waals surface area contributed by atoms with Crippen LogP contribution in [-0.2, 0) is 0 Å². The van der Waals surface area contributed by atoms with Crippen LogP contribution in [0.15, 0.2) is 87.8 Å². The molecule has 8 nitrogen and oxygen atoms in total. The van der Waals surface area contributed by atoms with Crippen molar-refractivity contribution in [1.82, 2.24) is 9.13 Å². The van der Waals surface area contributed by atoms with Gasteiger partial charge in [-0.05, 0) is 74.6 Å². The molecule has 0 saturated carbocycles. The monoisotopic (exact) mass is 488 g/mol. The minimum Gasteiger partial charge on any atom is -0.495 e. The van der Waals surface area contributed by atoms with Crippen LogP contribution in [0.25, 0.3) is 11.4 Å². The zero-order valence-electron chi connectivity index (χ0n) is 19.5. The summed E-state index contributed by atoms with van der Waals surface area (Å²) in [4.78, 5) is 13.5. The highest BCUT2D eigenvalue weighted by Crippen LogP contribution is 2.33. The summed E-state index contributed by atoms with van der Waals surface area (Å²) in [5, 5.41) is 19.5. The predicted molar refractivity (Wildman–Crippen MR) is 137 cm³/mol. The van der Waals surface area contributed by atoms with Gasteiger partial charge in [0.05, 0.1) is 30.8 Å². The number of azo groups is 1. The van der Waals surface area contributed by atoms with E-state index >= 15 is 0 Å².